The topological polar surface area (TPSA) is 32.3 Å². The minimum atomic E-state index is -4.16. The van der Waals surface area contributed by atoms with E-state index in [0.29, 0.717) is 19.3 Å². The SMILES string of the molecule is OC[C@H](Cc1ccccc1)NC1CCCCC1C(F)(F)F. The van der Waals surface area contributed by atoms with Crippen molar-refractivity contribution in [3.05, 3.63) is 35.9 Å². The van der Waals surface area contributed by atoms with Gasteiger partial charge in [-0.25, -0.2) is 0 Å². The van der Waals surface area contributed by atoms with Crippen LogP contribution >= 0.6 is 0 Å². The monoisotopic (exact) mass is 301 g/mol. The van der Waals surface area contributed by atoms with Gasteiger partial charge in [-0.15, -0.1) is 0 Å². The van der Waals surface area contributed by atoms with Gasteiger partial charge in [-0.05, 0) is 24.8 Å². The number of benzene rings is 1. The van der Waals surface area contributed by atoms with Gasteiger partial charge < -0.3 is 10.4 Å². The van der Waals surface area contributed by atoms with Gasteiger partial charge in [-0.1, -0.05) is 43.2 Å². The molecule has 0 heterocycles. The second-order valence-electron chi connectivity index (χ2n) is 5.77. The third kappa shape index (κ3) is 4.71. The molecule has 1 aromatic carbocycles. The van der Waals surface area contributed by atoms with Gasteiger partial charge in [0.25, 0.3) is 0 Å². The van der Waals surface area contributed by atoms with E-state index < -0.39 is 18.1 Å². The number of halogens is 3. The quantitative estimate of drug-likeness (QED) is 0.874. The van der Waals surface area contributed by atoms with Crippen molar-refractivity contribution < 1.29 is 18.3 Å². The first kappa shape index (κ1) is 16.3. The molecule has 0 aromatic heterocycles. The van der Waals surface area contributed by atoms with Gasteiger partial charge in [0.15, 0.2) is 0 Å². The molecule has 3 atom stereocenters. The molecule has 1 fully saturated rings. The van der Waals surface area contributed by atoms with Crippen molar-refractivity contribution in [1.82, 2.24) is 5.32 Å². The Balaban J connectivity index is 1.99. The van der Waals surface area contributed by atoms with Crippen molar-refractivity contribution in [3.8, 4) is 0 Å². The van der Waals surface area contributed by atoms with Gasteiger partial charge in [0.1, 0.15) is 0 Å². The van der Waals surface area contributed by atoms with Crippen LogP contribution in [0.3, 0.4) is 0 Å². The Hall–Kier alpha value is -1.07. The standard InChI is InChI=1S/C16H22F3NO/c17-16(18,19)14-8-4-5-9-15(14)20-13(11-21)10-12-6-2-1-3-7-12/h1-3,6-7,13-15,20-21H,4-5,8-11H2/t13-,14?,15?/m0/s1. The van der Waals surface area contributed by atoms with E-state index in [1.54, 1.807) is 0 Å². The number of nitrogens with one attached hydrogen (secondary N) is 1. The highest BCUT2D eigenvalue weighted by Gasteiger charge is 2.45. The first-order chi connectivity index (χ1) is 10.0. The summed E-state index contributed by atoms with van der Waals surface area (Å²) in [5.74, 6) is -1.30. The minimum Gasteiger partial charge on any atom is -0.395 e. The summed E-state index contributed by atoms with van der Waals surface area (Å²) in [6, 6.07) is 8.61. The largest absolute Gasteiger partial charge is 0.395 e. The lowest BCUT2D eigenvalue weighted by Gasteiger charge is -2.36. The van der Waals surface area contributed by atoms with E-state index in [0.717, 1.165) is 12.0 Å². The van der Waals surface area contributed by atoms with Gasteiger partial charge in [-0.3, -0.25) is 0 Å². The zero-order valence-corrected chi connectivity index (χ0v) is 11.9. The van der Waals surface area contributed by atoms with Crippen LogP contribution in [0.2, 0.25) is 0 Å². The van der Waals surface area contributed by atoms with Crippen molar-refractivity contribution in [1.29, 1.82) is 0 Å². The summed E-state index contributed by atoms with van der Waals surface area (Å²) in [5.41, 5.74) is 1.02. The maximum absolute atomic E-state index is 13.1. The highest BCUT2D eigenvalue weighted by Crippen LogP contribution is 2.37. The predicted octanol–water partition coefficient (Wildman–Crippen LogP) is 3.30. The molecule has 1 saturated carbocycles. The van der Waals surface area contributed by atoms with Gasteiger partial charge in [-0.2, -0.15) is 13.2 Å². The maximum Gasteiger partial charge on any atom is 0.393 e. The number of rotatable bonds is 5. The van der Waals surface area contributed by atoms with E-state index in [1.807, 2.05) is 30.3 Å². The van der Waals surface area contributed by atoms with Crippen molar-refractivity contribution in [2.24, 2.45) is 5.92 Å². The lowest BCUT2D eigenvalue weighted by molar-refractivity contribution is -0.189. The second-order valence-corrected chi connectivity index (χ2v) is 5.77. The molecule has 1 aliphatic rings. The van der Waals surface area contributed by atoms with E-state index in [-0.39, 0.29) is 19.1 Å². The molecule has 0 radical (unpaired) electrons. The van der Waals surface area contributed by atoms with Crippen molar-refractivity contribution in [2.75, 3.05) is 6.61 Å². The van der Waals surface area contributed by atoms with Gasteiger partial charge in [0.2, 0.25) is 0 Å². The van der Waals surface area contributed by atoms with Gasteiger partial charge in [0.05, 0.1) is 12.5 Å². The number of hydrogen-bond donors (Lipinski definition) is 2. The third-order valence-electron chi connectivity index (χ3n) is 4.18. The fourth-order valence-electron chi connectivity index (χ4n) is 3.10. The fourth-order valence-corrected chi connectivity index (χ4v) is 3.10. The lowest BCUT2D eigenvalue weighted by Crippen LogP contribution is -2.50. The van der Waals surface area contributed by atoms with Crippen LogP contribution in [0.1, 0.15) is 31.2 Å². The number of aliphatic hydroxyl groups excluding tert-OH is 1. The molecule has 0 saturated heterocycles. The molecule has 2 nitrogen and oxygen atoms in total. The number of aliphatic hydroxyl groups is 1. The van der Waals surface area contributed by atoms with Crippen LogP contribution in [-0.2, 0) is 6.42 Å². The van der Waals surface area contributed by atoms with E-state index in [9.17, 15) is 18.3 Å². The number of alkyl halides is 3. The summed E-state index contributed by atoms with van der Waals surface area (Å²) >= 11 is 0. The van der Waals surface area contributed by atoms with E-state index in [2.05, 4.69) is 5.32 Å². The summed E-state index contributed by atoms with van der Waals surface area (Å²) in [6.07, 6.45) is -1.47. The van der Waals surface area contributed by atoms with E-state index in [1.165, 1.54) is 0 Å². The average Bonchev–Trinajstić information content (AvgIpc) is 2.47. The summed E-state index contributed by atoms with van der Waals surface area (Å²) in [7, 11) is 0. The summed E-state index contributed by atoms with van der Waals surface area (Å²) in [4.78, 5) is 0. The van der Waals surface area contributed by atoms with Crippen LogP contribution in [-0.4, -0.2) is 30.0 Å². The molecule has 0 amide bonds. The molecule has 2 N–H and O–H groups in total. The molecule has 118 valence electrons. The molecule has 2 rings (SSSR count). The molecule has 0 bridgehead atoms. The summed E-state index contributed by atoms with van der Waals surface area (Å²) in [5, 5.41) is 12.5. The van der Waals surface area contributed by atoms with Gasteiger partial charge >= 0.3 is 6.18 Å². The third-order valence-corrected chi connectivity index (χ3v) is 4.18. The Labute approximate surface area is 123 Å². The van der Waals surface area contributed by atoms with Crippen LogP contribution < -0.4 is 5.32 Å². The molecule has 0 aliphatic heterocycles. The van der Waals surface area contributed by atoms with E-state index in [4.69, 9.17) is 0 Å². The Morgan fingerprint density at radius 3 is 2.43 bits per heavy atom. The van der Waals surface area contributed by atoms with E-state index >= 15 is 0 Å². The Kier molecular flexibility index (Phi) is 5.65. The minimum absolute atomic E-state index is 0.157. The normalized spacial score (nSPS) is 24.8. The highest BCUT2D eigenvalue weighted by molar-refractivity contribution is 5.16. The fraction of sp³-hybridized carbons (Fsp3) is 0.625. The first-order valence-electron chi connectivity index (χ1n) is 7.48. The Morgan fingerprint density at radius 2 is 1.81 bits per heavy atom. The highest BCUT2D eigenvalue weighted by atomic mass is 19.4. The van der Waals surface area contributed by atoms with Crippen molar-refractivity contribution in [2.45, 2.75) is 50.4 Å². The molecular formula is C16H22F3NO. The summed E-state index contributed by atoms with van der Waals surface area (Å²) in [6.45, 7) is -0.157. The van der Waals surface area contributed by atoms with Crippen molar-refractivity contribution in [3.63, 3.8) is 0 Å². The molecular weight excluding hydrogens is 279 g/mol. The lowest BCUT2D eigenvalue weighted by atomic mass is 9.83. The molecule has 1 aliphatic carbocycles. The molecule has 1 aromatic rings. The second kappa shape index (κ2) is 7.27. The zero-order valence-electron chi connectivity index (χ0n) is 11.9. The van der Waals surface area contributed by atoms with Gasteiger partial charge in [0, 0.05) is 12.1 Å². The van der Waals surface area contributed by atoms with Crippen molar-refractivity contribution >= 4 is 0 Å². The van der Waals surface area contributed by atoms with Crippen LogP contribution in [0.4, 0.5) is 13.2 Å². The Bertz CT molecular complexity index is 421. The molecule has 5 heteroatoms. The zero-order chi connectivity index (χ0) is 15.3. The molecule has 2 unspecified atom stereocenters. The number of hydrogen-bond acceptors (Lipinski definition) is 2. The Morgan fingerprint density at radius 1 is 1.14 bits per heavy atom. The average molecular weight is 301 g/mol. The predicted molar refractivity (Wildman–Crippen MR) is 76.0 cm³/mol. The van der Waals surface area contributed by atoms with Crippen LogP contribution in [0.25, 0.3) is 0 Å². The van der Waals surface area contributed by atoms with Crippen LogP contribution in [0, 0.1) is 5.92 Å². The van der Waals surface area contributed by atoms with Crippen LogP contribution in [0.5, 0.6) is 0 Å². The first-order valence-corrected chi connectivity index (χ1v) is 7.48. The molecule has 21 heavy (non-hydrogen) atoms. The van der Waals surface area contributed by atoms with Crippen LogP contribution in [0.15, 0.2) is 30.3 Å². The smallest absolute Gasteiger partial charge is 0.393 e. The summed E-state index contributed by atoms with van der Waals surface area (Å²) < 4.78 is 39.2. The maximum atomic E-state index is 13.1. The molecule has 0 spiro atoms.